The van der Waals surface area contributed by atoms with Crippen LogP contribution in [0.25, 0.3) is 11.3 Å². The van der Waals surface area contributed by atoms with Gasteiger partial charge in [0.05, 0.1) is 18.4 Å². The molecule has 6 heteroatoms. The number of imidazole rings is 1. The molecule has 0 radical (unpaired) electrons. The molecule has 0 unspecified atom stereocenters. The van der Waals surface area contributed by atoms with Crippen molar-refractivity contribution in [3.8, 4) is 22.8 Å². The number of hydrogen-bond acceptors (Lipinski definition) is 5. The zero-order valence-electron chi connectivity index (χ0n) is 13.8. The first-order valence-corrected chi connectivity index (χ1v) is 8.42. The van der Waals surface area contributed by atoms with Crippen molar-refractivity contribution in [2.75, 3.05) is 13.3 Å². The molecule has 3 aromatic rings. The first-order valence-electron chi connectivity index (χ1n) is 8.42. The SMILES string of the molecule is c1cncc(-c2cnc3n2CCN(Cc2ccc4c(c2)OCO4)C3)c1. The Morgan fingerprint density at radius 1 is 1.04 bits per heavy atom. The van der Waals surface area contributed by atoms with Crippen LogP contribution < -0.4 is 9.47 Å². The quantitative estimate of drug-likeness (QED) is 0.737. The number of fused-ring (bicyclic) bond motifs is 2. The minimum absolute atomic E-state index is 0.317. The number of hydrogen-bond donors (Lipinski definition) is 0. The second-order valence-electron chi connectivity index (χ2n) is 6.35. The Balaban J connectivity index is 1.34. The number of aromatic nitrogens is 3. The molecular formula is C19H18N4O2. The van der Waals surface area contributed by atoms with E-state index in [2.05, 4.69) is 37.6 Å². The molecule has 1 aromatic carbocycles. The number of benzene rings is 1. The molecule has 2 aromatic heterocycles. The van der Waals surface area contributed by atoms with E-state index in [1.54, 1.807) is 6.20 Å². The third-order valence-corrected chi connectivity index (χ3v) is 4.74. The molecule has 0 saturated heterocycles. The van der Waals surface area contributed by atoms with Crippen LogP contribution in [0.1, 0.15) is 11.4 Å². The van der Waals surface area contributed by atoms with E-state index in [-0.39, 0.29) is 0 Å². The lowest BCUT2D eigenvalue weighted by Gasteiger charge is -2.28. The Hall–Kier alpha value is -2.86. The molecule has 6 nitrogen and oxygen atoms in total. The molecule has 2 aliphatic rings. The largest absolute Gasteiger partial charge is 0.454 e. The number of nitrogens with zero attached hydrogens (tertiary/aromatic N) is 4. The van der Waals surface area contributed by atoms with Crippen LogP contribution >= 0.6 is 0 Å². The molecule has 0 fully saturated rings. The number of ether oxygens (including phenoxy) is 2. The van der Waals surface area contributed by atoms with E-state index >= 15 is 0 Å². The predicted molar refractivity (Wildman–Crippen MR) is 92.1 cm³/mol. The molecular weight excluding hydrogens is 316 g/mol. The highest BCUT2D eigenvalue weighted by atomic mass is 16.7. The summed E-state index contributed by atoms with van der Waals surface area (Å²) in [4.78, 5) is 11.3. The number of rotatable bonds is 3. The first kappa shape index (κ1) is 14.5. The molecule has 0 spiro atoms. The van der Waals surface area contributed by atoms with Gasteiger partial charge < -0.3 is 14.0 Å². The van der Waals surface area contributed by atoms with E-state index in [9.17, 15) is 0 Å². The zero-order chi connectivity index (χ0) is 16.6. The average molecular weight is 334 g/mol. The van der Waals surface area contributed by atoms with Gasteiger partial charge in [-0.2, -0.15) is 0 Å². The number of pyridine rings is 1. The predicted octanol–water partition coefficient (Wildman–Crippen LogP) is 2.69. The Bertz CT molecular complexity index is 907. The lowest BCUT2D eigenvalue weighted by Crippen LogP contribution is -2.33. The standard InChI is InChI=1S/C19H18N4O2/c1-2-15(9-20-5-1)16-10-21-19-12-22(6-7-23(16)19)11-14-3-4-17-18(8-14)25-13-24-17/h1-5,8-10H,6-7,11-13H2. The summed E-state index contributed by atoms with van der Waals surface area (Å²) in [7, 11) is 0. The van der Waals surface area contributed by atoms with Crippen molar-refractivity contribution < 1.29 is 9.47 Å². The van der Waals surface area contributed by atoms with Gasteiger partial charge in [-0.05, 0) is 29.8 Å². The zero-order valence-corrected chi connectivity index (χ0v) is 13.8. The monoisotopic (exact) mass is 334 g/mol. The maximum absolute atomic E-state index is 5.47. The van der Waals surface area contributed by atoms with Crippen LogP contribution in [0.4, 0.5) is 0 Å². The van der Waals surface area contributed by atoms with E-state index < -0.39 is 0 Å². The summed E-state index contributed by atoms with van der Waals surface area (Å²) in [6.07, 6.45) is 5.64. The molecule has 4 heterocycles. The summed E-state index contributed by atoms with van der Waals surface area (Å²) in [6, 6.07) is 10.2. The van der Waals surface area contributed by atoms with Gasteiger partial charge >= 0.3 is 0 Å². The Morgan fingerprint density at radius 3 is 2.92 bits per heavy atom. The topological polar surface area (TPSA) is 52.4 Å². The fraction of sp³-hybridized carbons (Fsp3) is 0.263. The summed E-state index contributed by atoms with van der Waals surface area (Å²) in [5.41, 5.74) is 3.49. The smallest absolute Gasteiger partial charge is 0.231 e. The molecule has 0 saturated carbocycles. The van der Waals surface area contributed by atoms with Crippen molar-refractivity contribution >= 4 is 0 Å². The summed E-state index contributed by atoms with van der Waals surface area (Å²) in [5.74, 6) is 2.78. The van der Waals surface area contributed by atoms with Crippen LogP contribution in [0.15, 0.2) is 48.9 Å². The molecule has 126 valence electrons. The van der Waals surface area contributed by atoms with E-state index in [4.69, 9.17) is 9.47 Å². The molecule has 0 N–H and O–H groups in total. The van der Waals surface area contributed by atoms with Crippen LogP contribution in [0, 0.1) is 0 Å². The lowest BCUT2D eigenvalue weighted by molar-refractivity contribution is 0.173. The molecule has 0 bridgehead atoms. The van der Waals surface area contributed by atoms with Crippen LogP contribution in [-0.2, 0) is 19.6 Å². The molecule has 5 rings (SSSR count). The second-order valence-corrected chi connectivity index (χ2v) is 6.35. The van der Waals surface area contributed by atoms with Crippen LogP contribution in [0.3, 0.4) is 0 Å². The second kappa shape index (κ2) is 5.89. The van der Waals surface area contributed by atoms with Crippen molar-refractivity contribution in [1.82, 2.24) is 19.4 Å². The summed E-state index contributed by atoms with van der Waals surface area (Å²) in [5, 5.41) is 0. The third-order valence-electron chi connectivity index (χ3n) is 4.74. The minimum atomic E-state index is 0.317. The van der Waals surface area contributed by atoms with Gasteiger partial charge in [-0.15, -0.1) is 0 Å². The molecule has 0 amide bonds. The first-order chi connectivity index (χ1) is 12.4. The van der Waals surface area contributed by atoms with Crippen molar-refractivity contribution in [2.45, 2.75) is 19.6 Å². The summed E-state index contributed by atoms with van der Waals surface area (Å²) < 4.78 is 13.2. The summed E-state index contributed by atoms with van der Waals surface area (Å²) in [6.45, 7) is 3.96. The van der Waals surface area contributed by atoms with Crippen molar-refractivity contribution in [1.29, 1.82) is 0 Å². The maximum atomic E-state index is 5.47. The third kappa shape index (κ3) is 2.64. The minimum Gasteiger partial charge on any atom is -0.454 e. The molecule has 25 heavy (non-hydrogen) atoms. The average Bonchev–Trinajstić information content (AvgIpc) is 3.28. The normalized spacial score (nSPS) is 16.0. The molecule has 2 aliphatic heterocycles. The van der Waals surface area contributed by atoms with Gasteiger partial charge in [-0.25, -0.2) is 4.98 Å². The highest BCUT2D eigenvalue weighted by Gasteiger charge is 2.21. The van der Waals surface area contributed by atoms with Crippen molar-refractivity contribution in [3.63, 3.8) is 0 Å². The Morgan fingerprint density at radius 2 is 2.00 bits per heavy atom. The molecule has 0 aliphatic carbocycles. The van der Waals surface area contributed by atoms with Crippen molar-refractivity contribution in [2.24, 2.45) is 0 Å². The van der Waals surface area contributed by atoms with Gasteiger partial charge in [0.15, 0.2) is 11.5 Å². The van der Waals surface area contributed by atoms with Crippen LogP contribution in [0.2, 0.25) is 0 Å². The summed E-state index contributed by atoms with van der Waals surface area (Å²) >= 11 is 0. The van der Waals surface area contributed by atoms with Gasteiger partial charge in [0.1, 0.15) is 5.82 Å². The van der Waals surface area contributed by atoms with Gasteiger partial charge in [-0.3, -0.25) is 9.88 Å². The van der Waals surface area contributed by atoms with Gasteiger partial charge in [0.2, 0.25) is 6.79 Å². The van der Waals surface area contributed by atoms with Crippen LogP contribution in [0.5, 0.6) is 11.5 Å². The van der Waals surface area contributed by atoms with Gasteiger partial charge in [-0.1, -0.05) is 6.07 Å². The highest BCUT2D eigenvalue weighted by molar-refractivity contribution is 5.58. The van der Waals surface area contributed by atoms with Crippen LogP contribution in [-0.4, -0.2) is 32.8 Å². The lowest BCUT2D eigenvalue weighted by atomic mass is 10.1. The van der Waals surface area contributed by atoms with E-state index in [0.717, 1.165) is 54.8 Å². The van der Waals surface area contributed by atoms with E-state index in [0.29, 0.717) is 6.79 Å². The van der Waals surface area contributed by atoms with E-state index in [1.807, 2.05) is 24.5 Å². The maximum Gasteiger partial charge on any atom is 0.231 e. The van der Waals surface area contributed by atoms with Gasteiger partial charge in [0, 0.05) is 37.6 Å². The Kier molecular flexibility index (Phi) is 3.41. The van der Waals surface area contributed by atoms with Gasteiger partial charge in [0.25, 0.3) is 0 Å². The molecule has 0 atom stereocenters. The fourth-order valence-corrected chi connectivity index (χ4v) is 3.49. The van der Waals surface area contributed by atoms with Crippen molar-refractivity contribution in [3.05, 3.63) is 60.3 Å². The highest BCUT2D eigenvalue weighted by Crippen LogP contribution is 2.33. The Labute approximate surface area is 145 Å². The fourth-order valence-electron chi connectivity index (χ4n) is 3.49. The van der Waals surface area contributed by atoms with E-state index in [1.165, 1.54) is 5.56 Å².